The first kappa shape index (κ1) is 14.6. The standard InChI is InChI=1S/C14H22N4O2/c1-3-4-14(13(15)20)5-8-18(9-6-14)12(19)11-16-7-10-17(11)2/h7,10H,3-6,8-9H2,1-2H3,(H2,15,20). The summed E-state index contributed by atoms with van der Waals surface area (Å²) in [6, 6.07) is 0. The van der Waals surface area contributed by atoms with E-state index in [2.05, 4.69) is 11.9 Å². The van der Waals surface area contributed by atoms with Gasteiger partial charge in [-0.25, -0.2) is 4.98 Å². The fourth-order valence-electron chi connectivity index (χ4n) is 2.95. The number of imidazole rings is 1. The van der Waals surface area contributed by atoms with Gasteiger partial charge in [0.05, 0.1) is 5.41 Å². The summed E-state index contributed by atoms with van der Waals surface area (Å²) >= 11 is 0. The SMILES string of the molecule is CCCC1(C(N)=O)CCN(C(=O)c2nccn2C)CC1. The van der Waals surface area contributed by atoms with E-state index in [-0.39, 0.29) is 11.8 Å². The Morgan fingerprint density at radius 2 is 2.05 bits per heavy atom. The molecule has 0 spiro atoms. The van der Waals surface area contributed by atoms with E-state index in [0.29, 0.717) is 31.8 Å². The molecule has 2 N–H and O–H groups in total. The second kappa shape index (κ2) is 5.64. The Labute approximate surface area is 119 Å². The van der Waals surface area contributed by atoms with Gasteiger partial charge in [-0.15, -0.1) is 0 Å². The Hall–Kier alpha value is -1.85. The van der Waals surface area contributed by atoms with E-state index in [1.54, 1.807) is 28.9 Å². The Morgan fingerprint density at radius 3 is 2.50 bits per heavy atom. The molecule has 1 fully saturated rings. The Balaban J connectivity index is 2.05. The summed E-state index contributed by atoms with van der Waals surface area (Å²) < 4.78 is 1.71. The highest BCUT2D eigenvalue weighted by atomic mass is 16.2. The molecule has 0 aliphatic carbocycles. The molecular formula is C14H22N4O2. The summed E-state index contributed by atoms with van der Waals surface area (Å²) in [5.74, 6) is 0.127. The predicted molar refractivity (Wildman–Crippen MR) is 74.9 cm³/mol. The number of amides is 2. The van der Waals surface area contributed by atoms with Gasteiger partial charge >= 0.3 is 0 Å². The number of aromatic nitrogens is 2. The van der Waals surface area contributed by atoms with Crippen LogP contribution in [-0.2, 0) is 11.8 Å². The first-order valence-corrected chi connectivity index (χ1v) is 7.06. The average Bonchev–Trinajstić information content (AvgIpc) is 2.85. The number of hydrogen-bond acceptors (Lipinski definition) is 3. The van der Waals surface area contributed by atoms with Crippen LogP contribution < -0.4 is 5.73 Å². The molecule has 6 heteroatoms. The minimum absolute atomic E-state index is 0.0768. The zero-order chi connectivity index (χ0) is 14.8. The van der Waals surface area contributed by atoms with E-state index in [4.69, 9.17) is 5.73 Å². The van der Waals surface area contributed by atoms with Gasteiger partial charge in [-0.1, -0.05) is 13.3 Å². The lowest BCUT2D eigenvalue weighted by Crippen LogP contribution is -2.49. The van der Waals surface area contributed by atoms with Crippen molar-refractivity contribution < 1.29 is 9.59 Å². The monoisotopic (exact) mass is 278 g/mol. The summed E-state index contributed by atoms with van der Waals surface area (Å²) in [7, 11) is 1.80. The van der Waals surface area contributed by atoms with Gasteiger partial charge in [0.1, 0.15) is 0 Å². The van der Waals surface area contributed by atoms with Crippen LogP contribution in [0.4, 0.5) is 0 Å². The molecule has 2 rings (SSSR count). The molecule has 0 radical (unpaired) electrons. The molecular weight excluding hydrogens is 256 g/mol. The van der Waals surface area contributed by atoms with Crippen molar-refractivity contribution in [2.24, 2.45) is 18.2 Å². The number of nitrogens with two attached hydrogens (primary N) is 1. The van der Waals surface area contributed by atoms with Crippen LogP contribution in [0.3, 0.4) is 0 Å². The third-order valence-electron chi connectivity index (χ3n) is 4.27. The number of piperidine rings is 1. The lowest BCUT2D eigenvalue weighted by Gasteiger charge is -2.39. The number of rotatable bonds is 4. The van der Waals surface area contributed by atoms with Crippen LogP contribution in [0.25, 0.3) is 0 Å². The van der Waals surface area contributed by atoms with Crippen molar-refractivity contribution in [2.75, 3.05) is 13.1 Å². The highest BCUT2D eigenvalue weighted by molar-refractivity contribution is 5.91. The molecule has 20 heavy (non-hydrogen) atoms. The van der Waals surface area contributed by atoms with Crippen LogP contribution in [0, 0.1) is 5.41 Å². The van der Waals surface area contributed by atoms with Crippen LogP contribution in [-0.4, -0.2) is 39.4 Å². The zero-order valence-electron chi connectivity index (χ0n) is 12.1. The molecule has 2 amide bonds. The number of carbonyl (C=O) groups excluding carboxylic acids is 2. The molecule has 0 atom stereocenters. The summed E-state index contributed by atoms with van der Waals surface area (Å²) in [6.45, 7) is 3.18. The zero-order valence-corrected chi connectivity index (χ0v) is 12.1. The molecule has 0 unspecified atom stereocenters. The minimum Gasteiger partial charge on any atom is -0.369 e. The van der Waals surface area contributed by atoms with Gasteiger partial charge in [-0.2, -0.15) is 0 Å². The van der Waals surface area contributed by atoms with E-state index in [1.165, 1.54) is 0 Å². The van der Waals surface area contributed by atoms with Crippen molar-refractivity contribution >= 4 is 11.8 Å². The van der Waals surface area contributed by atoms with Gasteiger partial charge in [-0.05, 0) is 19.3 Å². The first-order chi connectivity index (χ1) is 9.50. The lowest BCUT2D eigenvalue weighted by molar-refractivity contribution is -0.130. The van der Waals surface area contributed by atoms with Crippen LogP contribution in [0.1, 0.15) is 43.2 Å². The van der Waals surface area contributed by atoms with E-state index >= 15 is 0 Å². The van der Waals surface area contributed by atoms with Crippen LogP contribution in [0.5, 0.6) is 0 Å². The van der Waals surface area contributed by atoms with Gasteiger partial charge < -0.3 is 15.2 Å². The fraction of sp³-hybridized carbons (Fsp3) is 0.643. The van der Waals surface area contributed by atoms with E-state index in [0.717, 1.165) is 12.8 Å². The molecule has 1 aliphatic heterocycles. The second-order valence-electron chi connectivity index (χ2n) is 5.55. The van der Waals surface area contributed by atoms with Crippen LogP contribution in [0.15, 0.2) is 12.4 Å². The maximum Gasteiger partial charge on any atom is 0.289 e. The van der Waals surface area contributed by atoms with Crippen molar-refractivity contribution in [3.05, 3.63) is 18.2 Å². The van der Waals surface area contributed by atoms with Crippen molar-refractivity contribution in [3.8, 4) is 0 Å². The van der Waals surface area contributed by atoms with E-state index in [9.17, 15) is 9.59 Å². The lowest BCUT2D eigenvalue weighted by atomic mass is 9.74. The van der Waals surface area contributed by atoms with Gasteiger partial charge in [0.2, 0.25) is 5.91 Å². The molecule has 0 saturated carbocycles. The molecule has 2 heterocycles. The molecule has 0 aromatic carbocycles. The summed E-state index contributed by atoms with van der Waals surface area (Å²) in [5.41, 5.74) is 5.13. The molecule has 1 aliphatic rings. The minimum atomic E-state index is -0.437. The predicted octanol–water partition coefficient (Wildman–Crippen LogP) is 0.928. The quantitative estimate of drug-likeness (QED) is 0.889. The highest BCUT2D eigenvalue weighted by Crippen LogP contribution is 2.36. The Kier molecular flexibility index (Phi) is 4.11. The number of aryl methyl sites for hydroxylation is 1. The molecule has 1 aromatic rings. The summed E-state index contributed by atoms with van der Waals surface area (Å²) in [6.07, 6.45) is 6.38. The third-order valence-corrected chi connectivity index (χ3v) is 4.27. The number of carbonyl (C=O) groups is 2. The third kappa shape index (κ3) is 2.55. The maximum atomic E-state index is 12.3. The maximum absolute atomic E-state index is 12.3. The number of primary amides is 1. The molecule has 6 nitrogen and oxygen atoms in total. The average molecular weight is 278 g/mol. The highest BCUT2D eigenvalue weighted by Gasteiger charge is 2.40. The number of likely N-dealkylation sites (tertiary alicyclic amines) is 1. The topological polar surface area (TPSA) is 81.2 Å². The van der Waals surface area contributed by atoms with E-state index in [1.807, 2.05) is 0 Å². The first-order valence-electron chi connectivity index (χ1n) is 7.06. The summed E-state index contributed by atoms with van der Waals surface area (Å²) in [4.78, 5) is 29.9. The molecule has 1 saturated heterocycles. The van der Waals surface area contributed by atoms with E-state index < -0.39 is 5.41 Å². The molecule has 0 bridgehead atoms. The van der Waals surface area contributed by atoms with Crippen molar-refractivity contribution in [1.29, 1.82) is 0 Å². The van der Waals surface area contributed by atoms with Gasteiger partial charge in [0.25, 0.3) is 5.91 Å². The van der Waals surface area contributed by atoms with Crippen molar-refractivity contribution in [2.45, 2.75) is 32.6 Å². The second-order valence-corrected chi connectivity index (χ2v) is 5.55. The molecule has 110 valence electrons. The Morgan fingerprint density at radius 1 is 1.40 bits per heavy atom. The van der Waals surface area contributed by atoms with Crippen molar-refractivity contribution in [3.63, 3.8) is 0 Å². The Bertz CT molecular complexity index is 501. The number of hydrogen-bond donors (Lipinski definition) is 1. The largest absolute Gasteiger partial charge is 0.369 e. The summed E-state index contributed by atoms with van der Waals surface area (Å²) in [5, 5.41) is 0. The van der Waals surface area contributed by atoms with Crippen molar-refractivity contribution in [1.82, 2.24) is 14.5 Å². The van der Waals surface area contributed by atoms with Gasteiger partial charge in [-0.3, -0.25) is 9.59 Å². The fourth-order valence-corrected chi connectivity index (χ4v) is 2.95. The van der Waals surface area contributed by atoms with Crippen LogP contribution in [0.2, 0.25) is 0 Å². The van der Waals surface area contributed by atoms with Crippen LogP contribution >= 0.6 is 0 Å². The number of nitrogens with zero attached hydrogens (tertiary/aromatic N) is 3. The van der Waals surface area contributed by atoms with Gasteiger partial charge in [0, 0.05) is 32.5 Å². The normalized spacial score (nSPS) is 18.0. The van der Waals surface area contributed by atoms with Gasteiger partial charge in [0.15, 0.2) is 5.82 Å². The molecule has 1 aromatic heterocycles. The smallest absolute Gasteiger partial charge is 0.289 e.